The Morgan fingerprint density at radius 2 is 1.90 bits per heavy atom. The van der Waals surface area contributed by atoms with Gasteiger partial charge in [0.15, 0.2) is 0 Å². The molecule has 0 aliphatic rings. The van der Waals surface area contributed by atoms with Crippen molar-refractivity contribution in [3.63, 3.8) is 0 Å². The second-order valence-electron chi connectivity index (χ2n) is 6.68. The lowest BCUT2D eigenvalue weighted by atomic mass is 10.2. The van der Waals surface area contributed by atoms with Crippen LogP contribution < -0.4 is 15.0 Å². The van der Waals surface area contributed by atoms with Crippen LogP contribution in [-0.4, -0.2) is 38.5 Å². The van der Waals surface area contributed by atoms with Crippen LogP contribution in [0, 0.1) is 0 Å². The maximum atomic E-state index is 12.9. The van der Waals surface area contributed by atoms with Crippen LogP contribution in [0.3, 0.4) is 0 Å². The van der Waals surface area contributed by atoms with E-state index in [0.29, 0.717) is 34.3 Å². The van der Waals surface area contributed by atoms with Crippen molar-refractivity contribution in [2.45, 2.75) is 6.54 Å². The van der Waals surface area contributed by atoms with Crippen molar-refractivity contribution in [3.05, 3.63) is 70.4 Å². The Kier molecular flexibility index (Phi) is 4.75. The van der Waals surface area contributed by atoms with Crippen LogP contribution in [0.4, 0.5) is 0 Å². The van der Waals surface area contributed by atoms with Crippen molar-refractivity contribution in [2.75, 3.05) is 14.2 Å². The fourth-order valence-corrected chi connectivity index (χ4v) is 3.90. The molecular formula is C21H17N5O4S. The molecule has 31 heavy (non-hydrogen) atoms. The summed E-state index contributed by atoms with van der Waals surface area (Å²) in [7, 11) is 3.15. The molecule has 0 spiro atoms. The average molecular weight is 435 g/mol. The Bertz CT molecular complexity index is 1400. The largest absolute Gasteiger partial charge is 0.497 e. The van der Waals surface area contributed by atoms with Crippen LogP contribution >= 0.6 is 11.3 Å². The van der Waals surface area contributed by atoms with E-state index < -0.39 is 0 Å². The van der Waals surface area contributed by atoms with E-state index in [4.69, 9.17) is 14.0 Å². The van der Waals surface area contributed by atoms with E-state index in [1.165, 1.54) is 4.57 Å². The predicted octanol–water partition coefficient (Wildman–Crippen LogP) is 3.34. The van der Waals surface area contributed by atoms with Gasteiger partial charge in [0.25, 0.3) is 5.56 Å². The minimum absolute atomic E-state index is 0.142. The molecule has 0 N–H and O–H groups in total. The van der Waals surface area contributed by atoms with Gasteiger partial charge in [0.2, 0.25) is 11.7 Å². The molecule has 4 heterocycles. The number of ether oxygens (including phenoxy) is 2. The normalized spacial score (nSPS) is 11.2. The minimum atomic E-state index is -0.194. The van der Waals surface area contributed by atoms with Gasteiger partial charge in [-0.05, 0) is 29.6 Å². The van der Waals surface area contributed by atoms with Gasteiger partial charge in [-0.15, -0.1) is 11.3 Å². The van der Waals surface area contributed by atoms with Crippen molar-refractivity contribution in [2.24, 2.45) is 0 Å². The van der Waals surface area contributed by atoms with Crippen LogP contribution in [0.5, 0.6) is 11.5 Å². The minimum Gasteiger partial charge on any atom is -0.497 e. The first-order chi connectivity index (χ1) is 15.1. The summed E-state index contributed by atoms with van der Waals surface area (Å²) in [6, 6.07) is 11.0. The van der Waals surface area contributed by atoms with Gasteiger partial charge in [0, 0.05) is 24.0 Å². The molecule has 0 aliphatic carbocycles. The number of hydrogen-bond donors (Lipinski definition) is 0. The van der Waals surface area contributed by atoms with Gasteiger partial charge in [-0.1, -0.05) is 11.2 Å². The van der Waals surface area contributed by atoms with Gasteiger partial charge in [0.05, 0.1) is 19.1 Å². The highest BCUT2D eigenvalue weighted by Gasteiger charge is 2.14. The lowest BCUT2D eigenvalue weighted by molar-refractivity contribution is 0.370. The van der Waals surface area contributed by atoms with E-state index in [1.54, 1.807) is 66.7 Å². The van der Waals surface area contributed by atoms with Crippen LogP contribution in [0.2, 0.25) is 0 Å². The molecule has 4 aromatic heterocycles. The average Bonchev–Trinajstić information content (AvgIpc) is 3.55. The molecule has 0 unspecified atom stereocenters. The van der Waals surface area contributed by atoms with Crippen LogP contribution in [0.1, 0.15) is 5.89 Å². The van der Waals surface area contributed by atoms with E-state index in [1.807, 2.05) is 17.5 Å². The van der Waals surface area contributed by atoms with Gasteiger partial charge < -0.3 is 18.6 Å². The summed E-state index contributed by atoms with van der Waals surface area (Å²) in [6.07, 6.45) is 3.39. The van der Waals surface area contributed by atoms with Gasteiger partial charge in [0.1, 0.15) is 29.3 Å². The van der Waals surface area contributed by atoms with Gasteiger partial charge in [-0.25, -0.2) is 4.52 Å². The predicted molar refractivity (Wildman–Crippen MR) is 115 cm³/mol. The number of hydrogen-bond acceptors (Lipinski definition) is 8. The van der Waals surface area contributed by atoms with Gasteiger partial charge in [-0.2, -0.15) is 10.1 Å². The van der Waals surface area contributed by atoms with Gasteiger partial charge in [-0.3, -0.25) is 4.79 Å². The third-order valence-corrected chi connectivity index (χ3v) is 5.65. The number of fused-ring (bicyclic) bond motifs is 1. The molecule has 0 radical (unpaired) electrons. The highest BCUT2D eigenvalue weighted by atomic mass is 32.1. The van der Waals surface area contributed by atoms with E-state index in [0.717, 1.165) is 10.6 Å². The molecule has 5 aromatic rings. The standard InChI is InChI=1S/C21H17N5O4S/c1-28-14-8-13(9-15(10-14)29-2)20-22-19(30-24-20)12-25-5-6-26-17(21(25)27)11-16(23-26)18-4-3-7-31-18/h3-11H,12H2,1-2H3. The third kappa shape index (κ3) is 3.57. The Morgan fingerprint density at radius 3 is 2.61 bits per heavy atom. The molecule has 10 heteroatoms. The molecule has 5 rings (SSSR count). The maximum Gasteiger partial charge on any atom is 0.277 e. The Morgan fingerprint density at radius 1 is 1.10 bits per heavy atom. The number of nitrogens with zero attached hydrogens (tertiary/aromatic N) is 5. The molecule has 0 saturated carbocycles. The highest BCUT2D eigenvalue weighted by Crippen LogP contribution is 2.28. The third-order valence-electron chi connectivity index (χ3n) is 4.76. The fourth-order valence-electron chi connectivity index (χ4n) is 3.21. The molecule has 0 atom stereocenters. The Labute approximate surface area is 180 Å². The van der Waals surface area contributed by atoms with E-state index >= 15 is 0 Å². The quantitative estimate of drug-likeness (QED) is 0.403. The van der Waals surface area contributed by atoms with Gasteiger partial charge >= 0.3 is 0 Å². The van der Waals surface area contributed by atoms with E-state index in [9.17, 15) is 4.79 Å². The summed E-state index contributed by atoms with van der Waals surface area (Å²) in [4.78, 5) is 18.4. The molecule has 1 aromatic carbocycles. The molecule has 0 saturated heterocycles. The summed E-state index contributed by atoms with van der Waals surface area (Å²) >= 11 is 1.57. The summed E-state index contributed by atoms with van der Waals surface area (Å²) in [5, 5.41) is 10.5. The van der Waals surface area contributed by atoms with Crippen molar-refractivity contribution in [1.29, 1.82) is 0 Å². The molecular weight excluding hydrogens is 418 g/mol. The molecule has 0 amide bonds. The number of rotatable bonds is 6. The lowest BCUT2D eigenvalue weighted by Gasteiger charge is -2.05. The SMILES string of the molecule is COc1cc(OC)cc(-c2noc(Cn3ccn4nc(-c5cccs5)cc4c3=O)n2)c1. The van der Waals surface area contributed by atoms with Crippen molar-refractivity contribution in [1.82, 2.24) is 24.3 Å². The van der Waals surface area contributed by atoms with E-state index in [-0.39, 0.29) is 12.1 Å². The summed E-state index contributed by atoms with van der Waals surface area (Å²) < 4.78 is 19.0. The number of benzene rings is 1. The van der Waals surface area contributed by atoms with Crippen LogP contribution in [0.15, 0.2) is 63.5 Å². The Hall–Kier alpha value is -3.92. The van der Waals surface area contributed by atoms with Crippen molar-refractivity contribution in [3.8, 4) is 33.5 Å². The van der Waals surface area contributed by atoms with Crippen LogP contribution in [-0.2, 0) is 6.54 Å². The highest BCUT2D eigenvalue weighted by molar-refractivity contribution is 7.13. The monoisotopic (exact) mass is 435 g/mol. The lowest BCUT2D eigenvalue weighted by Crippen LogP contribution is -2.21. The number of methoxy groups -OCH3 is 2. The summed E-state index contributed by atoms with van der Waals surface area (Å²) in [5.74, 6) is 1.92. The fraction of sp³-hybridized carbons (Fsp3) is 0.143. The molecule has 0 bridgehead atoms. The second-order valence-corrected chi connectivity index (χ2v) is 7.63. The zero-order valence-electron chi connectivity index (χ0n) is 16.7. The first-order valence-electron chi connectivity index (χ1n) is 9.33. The van der Waals surface area contributed by atoms with Crippen LogP contribution in [0.25, 0.3) is 27.5 Å². The molecule has 156 valence electrons. The first kappa shape index (κ1) is 19.1. The smallest absolute Gasteiger partial charge is 0.277 e. The number of thiophene rings is 1. The van der Waals surface area contributed by atoms with E-state index in [2.05, 4.69) is 15.2 Å². The second kappa shape index (κ2) is 7.73. The zero-order chi connectivity index (χ0) is 21.4. The molecule has 0 aliphatic heterocycles. The number of aromatic nitrogens is 5. The maximum absolute atomic E-state index is 12.9. The summed E-state index contributed by atoms with van der Waals surface area (Å²) in [5.41, 5.74) is 1.73. The summed E-state index contributed by atoms with van der Waals surface area (Å²) in [6.45, 7) is 0.142. The topological polar surface area (TPSA) is 96.7 Å². The zero-order valence-corrected chi connectivity index (χ0v) is 17.5. The van der Waals surface area contributed by atoms with Crippen molar-refractivity contribution < 1.29 is 14.0 Å². The first-order valence-corrected chi connectivity index (χ1v) is 10.2. The van der Waals surface area contributed by atoms with Crippen molar-refractivity contribution >= 4 is 16.9 Å². The molecule has 0 fully saturated rings. The molecule has 9 nitrogen and oxygen atoms in total. The Balaban J connectivity index is 1.45.